The van der Waals surface area contributed by atoms with Gasteiger partial charge in [-0.2, -0.15) is 0 Å². The summed E-state index contributed by atoms with van der Waals surface area (Å²) in [4.78, 5) is 12.5. The van der Waals surface area contributed by atoms with E-state index in [4.69, 9.17) is 16.3 Å². The second kappa shape index (κ2) is 9.43. The van der Waals surface area contributed by atoms with Gasteiger partial charge in [-0.25, -0.2) is 0 Å². The fourth-order valence-corrected chi connectivity index (χ4v) is 3.07. The maximum absolute atomic E-state index is 12.5. The van der Waals surface area contributed by atoms with Gasteiger partial charge in [-0.15, -0.1) is 0 Å². The molecule has 0 bridgehead atoms. The molecule has 3 aromatic carbocycles. The third kappa shape index (κ3) is 5.14. The van der Waals surface area contributed by atoms with E-state index in [0.29, 0.717) is 22.9 Å². The number of rotatable bonds is 7. The summed E-state index contributed by atoms with van der Waals surface area (Å²) in [6.45, 7) is 4.50. The second-order valence-corrected chi connectivity index (χ2v) is 7.10. The molecule has 1 N–H and O–H groups in total. The Morgan fingerprint density at radius 1 is 1.00 bits per heavy atom. The number of halogens is 1. The van der Waals surface area contributed by atoms with E-state index in [1.54, 1.807) is 24.3 Å². The minimum atomic E-state index is -0.107. The van der Waals surface area contributed by atoms with Crippen molar-refractivity contribution in [2.24, 2.45) is 0 Å². The first kappa shape index (κ1) is 20.0. The van der Waals surface area contributed by atoms with Crippen molar-refractivity contribution in [3.63, 3.8) is 0 Å². The van der Waals surface area contributed by atoms with Crippen LogP contribution in [-0.4, -0.2) is 5.91 Å². The fourth-order valence-electron chi connectivity index (χ4n) is 2.88. The van der Waals surface area contributed by atoms with Gasteiger partial charge in [0.15, 0.2) is 0 Å². The lowest BCUT2D eigenvalue weighted by Crippen LogP contribution is -2.26. The summed E-state index contributed by atoms with van der Waals surface area (Å²) >= 11 is 6.14. The first-order chi connectivity index (χ1) is 13.6. The monoisotopic (exact) mass is 393 g/mol. The molecule has 0 saturated heterocycles. The van der Waals surface area contributed by atoms with E-state index in [1.807, 2.05) is 31.2 Å². The Labute approximate surface area is 171 Å². The average Bonchev–Trinajstić information content (AvgIpc) is 2.73. The molecule has 0 radical (unpaired) electrons. The fraction of sp³-hybridized carbons (Fsp3) is 0.208. The molecular weight excluding hydrogens is 370 g/mol. The van der Waals surface area contributed by atoms with Gasteiger partial charge in [-0.05, 0) is 54.8 Å². The van der Waals surface area contributed by atoms with Crippen LogP contribution in [0.1, 0.15) is 46.9 Å². The Morgan fingerprint density at radius 2 is 1.68 bits per heavy atom. The molecule has 0 spiro atoms. The lowest BCUT2D eigenvalue weighted by molar-refractivity contribution is 0.0940. The molecule has 0 aliphatic carbocycles. The quantitative estimate of drug-likeness (QED) is 0.536. The van der Waals surface area contributed by atoms with Gasteiger partial charge in [0.2, 0.25) is 0 Å². The van der Waals surface area contributed by atoms with Crippen LogP contribution in [0.4, 0.5) is 0 Å². The minimum absolute atomic E-state index is 0.0606. The lowest BCUT2D eigenvalue weighted by Gasteiger charge is -2.15. The highest BCUT2D eigenvalue weighted by Gasteiger charge is 2.11. The zero-order chi connectivity index (χ0) is 19.9. The number of benzene rings is 3. The topological polar surface area (TPSA) is 38.3 Å². The molecule has 0 aliphatic rings. The summed E-state index contributed by atoms with van der Waals surface area (Å²) in [5.74, 6) is 0.587. The van der Waals surface area contributed by atoms with Gasteiger partial charge in [0.25, 0.3) is 5.91 Å². The third-order valence-corrected chi connectivity index (χ3v) is 5.07. The molecule has 3 nitrogen and oxygen atoms in total. The summed E-state index contributed by atoms with van der Waals surface area (Å²) in [5, 5.41) is 3.72. The van der Waals surface area contributed by atoms with Crippen LogP contribution < -0.4 is 10.1 Å². The van der Waals surface area contributed by atoms with Crippen LogP contribution in [0.25, 0.3) is 0 Å². The second-order valence-electron chi connectivity index (χ2n) is 6.69. The van der Waals surface area contributed by atoms with Crippen LogP contribution in [0.5, 0.6) is 5.75 Å². The van der Waals surface area contributed by atoms with Gasteiger partial charge >= 0.3 is 0 Å². The van der Waals surface area contributed by atoms with E-state index in [2.05, 4.69) is 36.5 Å². The molecule has 0 aliphatic heterocycles. The molecular formula is C24H24ClNO2. The highest BCUT2D eigenvalue weighted by Crippen LogP contribution is 2.20. The van der Waals surface area contributed by atoms with Gasteiger partial charge in [0.05, 0.1) is 6.04 Å². The Hall–Kier alpha value is -2.78. The first-order valence-electron chi connectivity index (χ1n) is 9.42. The number of amides is 1. The normalized spacial score (nSPS) is 11.7. The Balaban J connectivity index is 1.57. The molecule has 0 aromatic heterocycles. The zero-order valence-corrected chi connectivity index (χ0v) is 16.9. The Bertz CT molecular complexity index is 920. The highest BCUT2D eigenvalue weighted by atomic mass is 35.5. The van der Waals surface area contributed by atoms with Gasteiger partial charge in [-0.3, -0.25) is 4.79 Å². The van der Waals surface area contributed by atoms with Crippen LogP contribution in [-0.2, 0) is 13.0 Å². The molecule has 1 amide bonds. The van der Waals surface area contributed by atoms with Crippen LogP contribution in [0.3, 0.4) is 0 Å². The summed E-state index contributed by atoms with van der Waals surface area (Å²) in [7, 11) is 0. The van der Waals surface area contributed by atoms with Crippen molar-refractivity contribution in [3.05, 3.63) is 100 Å². The molecule has 0 fully saturated rings. The summed E-state index contributed by atoms with van der Waals surface area (Å²) in [6.07, 6.45) is 1.01. The number of hydrogen-bond donors (Lipinski definition) is 1. The Kier molecular flexibility index (Phi) is 6.72. The maximum Gasteiger partial charge on any atom is 0.251 e. The van der Waals surface area contributed by atoms with E-state index in [9.17, 15) is 4.79 Å². The number of ether oxygens (including phenoxy) is 1. The number of aryl methyl sites for hydroxylation is 1. The Morgan fingerprint density at radius 3 is 2.32 bits per heavy atom. The van der Waals surface area contributed by atoms with Crippen molar-refractivity contribution in [1.29, 1.82) is 0 Å². The van der Waals surface area contributed by atoms with E-state index in [-0.39, 0.29) is 11.9 Å². The largest absolute Gasteiger partial charge is 0.489 e. The molecule has 3 rings (SSSR count). The van der Waals surface area contributed by atoms with Crippen molar-refractivity contribution in [2.75, 3.05) is 0 Å². The smallest absolute Gasteiger partial charge is 0.251 e. The number of carbonyl (C=O) groups is 1. The number of nitrogens with one attached hydrogen (secondary N) is 1. The lowest BCUT2D eigenvalue weighted by atomic mass is 10.0. The van der Waals surface area contributed by atoms with Crippen LogP contribution in [0, 0.1) is 0 Å². The molecule has 0 heterocycles. The third-order valence-electron chi connectivity index (χ3n) is 4.70. The van der Waals surface area contributed by atoms with Crippen molar-refractivity contribution in [1.82, 2.24) is 5.32 Å². The van der Waals surface area contributed by atoms with Crippen molar-refractivity contribution in [3.8, 4) is 5.75 Å². The number of hydrogen-bond acceptors (Lipinski definition) is 2. The summed E-state index contributed by atoms with van der Waals surface area (Å²) < 4.78 is 5.76. The van der Waals surface area contributed by atoms with E-state index in [0.717, 1.165) is 17.5 Å². The summed E-state index contributed by atoms with van der Waals surface area (Å²) in [6, 6.07) is 23.0. The predicted molar refractivity (Wildman–Crippen MR) is 114 cm³/mol. The molecule has 1 atom stereocenters. The average molecular weight is 394 g/mol. The van der Waals surface area contributed by atoms with Crippen molar-refractivity contribution in [2.45, 2.75) is 32.9 Å². The molecule has 28 heavy (non-hydrogen) atoms. The number of carbonyl (C=O) groups excluding carboxylic acids is 1. The molecule has 4 heteroatoms. The van der Waals surface area contributed by atoms with Crippen molar-refractivity contribution >= 4 is 17.5 Å². The molecule has 0 unspecified atom stereocenters. The van der Waals surface area contributed by atoms with Gasteiger partial charge in [0.1, 0.15) is 12.4 Å². The minimum Gasteiger partial charge on any atom is -0.489 e. The summed E-state index contributed by atoms with van der Waals surface area (Å²) in [5.41, 5.74) is 3.90. The van der Waals surface area contributed by atoms with Crippen LogP contribution in [0.2, 0.25) is 5.02 Å². The van der Waals surface area contributed by atoms with E-state index in [1.165, 1.54) is 5.56 Å². The molecule has 3 aromatic rings. The SMILES string of the molecule is CCc1ccc([C@@H](C)NC(=O)c2ccc(OCc3ccccc3Cl)cc2)cc1. The van der Waals surface area contributed by atoms with Crippen LogP contribution >= 0.6 is 11.6 Å². The van der Waals surface area contributed by atoms with E-state index >= 15 is 0 Å². The van der Waals surface area contributed by atoms with Crippen molar-refractivity contribution < 1.29 is 9.53 Å². The zero-order valence-electron chi connectivity index (χ0n) is 16.1. The van der Waals surface area contributed by atoms with E-state index < -0.39 is 0 Å². The predicted octanol–water partition coefficient (Wildman–Crippen LogP) is 5.97. The highest BCUT2D eigenvalue weighted by molar-refractivity contribution is 6.31. The van der Waals surface area contributed by atoms with Gasteiger partial charge in [0, 0.05) is 16.1 Å². The maximum atomic E-state index is 12.5. The molecule has 144 valence electrons. The van der Waals surface area contributed by atoms with Gasteiger partial charge < -0.3 is 10.1 Å². The van der Waals surface area contributed by atoms with Gasteiger partial charge in [-0.1, -0.05) is 61.0 Å². The van der Waals surface area contributed by atoms with Crippen LogP contribution in [0.15, 0.2) is 72.8 Å². The standard InChI is InChI=1S/C24H24ClNO2/c1-3-18-8-10-19(11-9-18)17(2)26-24(27)20-12-14-22(15-13-20)28-16-21-6-4-5-7-23(21)25/h4-15,17H,3,16H2,1-2H3,(H,26,27)/t17-/m1/s1. The first-order valence-corrected chi connectivity index (χ1v) is 9.80. The molecule has 0 saturated carbocycles.